The fourth-order valence-corrected chi connectivity index (χ4v) is 4.20. The number of allylic oxidation sites excluding steroid dienone is 1. The fourth-order valence-electron chi connectivity index (χ4n) is 2.72. The molecule has 1 fully saturated rings. The molecule has 8 heteroatoms. The number of nitrogens with zero attached hydrogens (tertiary/aromatic N) is 1. The maximum atomic E-state index is 12.5. The minimum Gasteiger partial charge on any atom is -0.444 e. The highest BCUT2D eigenvalue weighted by Gasteiger charge is 2.33. The van der Waals surface area contributed by atoms with E-state index in [-0.39, 0.29) is 0 Å². The van der Waals surface area contributed by atoms with Gasteiger partial charge in [-0.05, 0) is 53.0 Å². The van der Waals surface area contributed by atoms with E-state index in [0.717, 1.165) is 0 Å². The standard InChI is InChI=1S/C17H28N2O5S/c1-16(2,3)24-15(20)19-11-7-14(8-12-19)25(22,23)18-13-5-9-17(4,21)10-6-13/h5-6,9,14,18,21H,7-8,10-12H2,1-4H3. The Morgan fingerprint density at radius 3 is 2.44 bits per heavy atom. The van der Waals surface area contributed by atoms with E-state index >= 15 is 0 Å². The van der Waals surface area contributed by atoms with Crippen molar-refractivity contribution in [3.8, 4) is 0 Å². The second-order valence-corrected chi connectivity index (χ2v) is 9.83. The average Bonchev–Trinajstić information content (AvgIpc) is 2.48. The van der Waals surface area contributed by atoms with Crippen LogP contribution in [0.4, 0.5) is 4.79 Å². The van der Waals surface area contributed by atoms with E-state index in [1.54, 1.807) is 50.8 Å². The molecular weight excluding hydrogens is 344 g/mol. The van der Waals surface area contributed by atoms with E-state index in [2.05, 4.69) is 4.72 Å². The molecule has 1 unspecified atom stereocenters. The quantitative estimate of drug-likeness (QED) is 0.789. The summed E-state index contributed by atoms with van der Waals surface area (Å²) in [5.74, 6) is 0. The van der Waals surface area contributed by atoms with Gasteiger partial charge in [0.1, 0.15) is 5.60 Å². The smallest absolute Gasteiger partial charge is 0.410 e. The number of hydrogen-bond donors (Lipinski definition) is 2. The monoisotopic (exact) mass is 372 g/mol. The van der Waals surface area contributed by atoms with E-state index in [0.29, 0.717) is 38.0 Å². The summed E-state index contributed by atoms with van der Waals surface area (Å²) in [6.45, 7) is 7.77. The molecule has 1 saturated heterocycles. The molecule has 0 spiro atoms. The third-order valence-electron chi connectivity index (χ3n) is 4.15. The minimum atomic E-state index is -3.53. The van der Waals surface area contributed by atoms with Crippen molar-refractivity contribution in [2.75, 3.05) is 13.1 Å². The van der Waals surface area contributed by atoms with Gasteiger partial charge in [-0.1, -0.05) is 12.2 Å². The number of nitrogens with one attached hydrogen (secondary N) is 1. The molecular formula is C17H28N2O5S. The normalized spacial score (nSPS) is 25.5. The number of aliphatic hydroxyl groups is 1. The summed E-state index contributed by atoms with van der Waals surface area (Å²) in [5, 5.41) is 9.29. The van der Waals surface area contributed by atoms with Crippen LogP contribution in [0.15, 0.2) is 23.9 Å². The van der Waals surface area contributed by atoms with Crippen molar-refractivity contribution >= 4 is 16.1 Å². The van der Waals surface area contributed by atoms with Gasteiger partial charge in [-0.3, -0.25) is 4.72 Å². The first-order chi connectivity index (χ1) is 11.4. The molecule has 0 radical (unpaired) electrons. The highest BCUT2D eigenvalue weighted by atomic mass is 32.2. The molecule has 0 bridgehead atoms. The first kappa shape index (κ1) is 19.8. The molecule has 1 atom stereocenters. The molecule has 1 aliphatic heterocycles. The predicted molar refractivity (Wildman–Crippen MR) is 95.3 cm³/mol. The zero-order valence-corrected chi connectivity index (χ0v) is 16.1. The van der Waals surface area contributed by atoms with Crippen LogP contribution >= 0.6 is 0 Å². The first-order valence-electron chi connectivity index (χ1n) is 8.49. The van der Waals surface area contributed by atoms with E-state index in [1.807, 2.05) is 0 Å². The largest absolute Gasteiger partial charge is 0.444 e. The Morgan fingerprint density at radius 1 is 1.36 bits per heavy atom. The Labute approximate surface area is 149 Å². The lowest BCUT2D eigenvalue weighted by molar-refractivity contribution is 0.0217. The van der Waals surface area contributed by atoms with E-state index in [4.69, 9.17) is 4.74 Å². The van der Waals surface area contributed by atoms with Gasteiger partial charge in [-0.15, -0.1) is 0 Å². The van der Waals surface area contributed by atoms with Crippen LogP contribution < -0.4 is 4.72 Å². The Hall–Kier alpha value is -1.54. The van der Waals surface area contributed by atoms with Gasteiger partial charge in [-0.25, -0.2) is 13.2 Å². The molecule has 0 aromatic heterocycles. The number of sulfonamides is 1. The molecule has 25 heavy (non-hydrogen) atoms. The van der Waals surface area contributed by atoms with Gasteiger partial charge >= 0.3 is 6.09 Å². The zero-order chi connectivity index (χ0) is 18.9. The molecule has 0 aromatic rings. The second kappa shape index (κ2) is 6.99. The molecule has 2 rings (SSSR count). The highest BCUT2D eigenvalue weighted by molar-refractivity contribution is 7.90. The predicted octanol–water partition coefficient (Wildman–Crippen LogP) is 1.90. The number of piperidine rings is 1. The van der Waals surface area contributed by atoms with Crippen LogP contribution in [0, 0.1) is 0 Å². The van der Waals surface area contributed by atoms with Crippen LogP contribution in [0.3, 0.4) is 0 Å². The number of ether oxygens (including phenoxy) is 1. The first-order valence-corrected chi connectivity index (χ1v) is 10.0. The molecule has 2 aliphatic rings. The maximum absolute atomic E-state index is 12.5. The molecule has 7 nitrogen and oxygen atoms in total. The summed E-state index contributed by atoms with van der Waals surface area (Å²) in [4.78, 5) is 13.6. The van der Waals surface area contributed by atoms with Crippen molar-refractivity contribution in [1.82, 2.24) is 9.62 Å². The Bertz CT molecular complexity index is 666. The molecule has 0 aromatic carbocycles. The van der Waals surface area contributed by atoms with Crippen molar-refractivity contribution < 1.29 is 23.1 Å². The lowest BCUT2D eigenvalue weighted by Gasteiger charge is -2.33. The number of hydrogen-bond acceptors (Lipinski definition) is 5. The number of likely N-dealkylation sites (tertiary alicyclic amines) is 1. The van der Waals surface area contributed by atoms with Gasteiger partial charge in [0, 0.05) is 18.8 Å². The van der Waals surface area contributed by atoms with Crippen LogP contribution in [0.1, 0.15) is 47.0 Å². The van der Waals surface area contributed by atoms with Gasteiger partial charge in [0.15, 0.2) is 0 Å². The number of rotatable bonds is 3. The molecule has 142 valence electrons. The molecule has 1 heterocycles. The summed E-state index contributed by atoms with van der Waals surface area (Å²) >= 11 is 0. The van der Waals surface area contributed by atoms with Crippen LogP contribution in [-0.4, -0.2) is 54.1 Å². The fraction of sp³-hybridized carbons (Fsp3) is 0.706. The summed E-state index contributed by atoms with van der Waals surface area (Å²) in [7, 11) is -3.53. The average molecular weight is 372 g/mol. The molecule has 1 amide bonds. The van der Waals surface area contributed by atoms with Crippen molar-refractivity contribution in [1.29, 1.82) is 0 Å². The summed E-state index contributed by atoms with van der Waals surface area (Å²) in [6, 6.07) is 0. The highest BCUT2D eigenvalue weighted by Crippen LogP contribution is 2.23. The number of carbonyl (C=O) groups excluding carboxylic acids is 1. The summed E-state index contributed by atoms with van der Waals surface area (Å²) < 4.78 is 33.0. The van der Waals surface area contributed by atoms with Crippen molar-refractivity contribution in [2.45, 2.75) is 63.4 Å². The van der Waals surface area contributed by atoms with Crippen LogP contribution in [-0.2, 0) is 14.8 Å². The van der Waals surface area contributed by atoms with Crippen molar-refractivity contribution in [3.05, 3.63) is 23.9 Å². The van der Waals surface area contributed by atoms with E-state index in [1.165, 1.54) is 0 Å². The topological polar surface area (TPSA) is 95.9 Å². The number of amides is 1. The van der Waals surface area contributed by atoms with Gasteiger partial charge in [0.05, 0.1) is 10.9 Å². The molecule has 2 N–H and O–H groups in total. The van der Waals surface area contributed by atoms with Crippen LogP contribution in [0.25, 0.3) is 0 Å². The summed E-state index contributed by atoms with van der Waals surface area (Å²) in [5.41, 5.74) is -1.03. The molecule has 0 saturated carbocycles. The summed E-state index contributed by atoms with van der Waals surface area (Å²) in [6.07, 6.45) is 5.52. The third kappa shape index (κ3) is 5.74. The van der Waals surface area contributed by atoms with Crippen LogP contribution in [0.5, 0.6) is 0 Å². The van der Waals surface area contributed by atoms with Gasteiger partial charge < -0.3 is 14.7 Å². The van der Waals surface area contributed by atoms with Gasteiger partial charge in [0.25, 0.3) is 0 Å². The van der Waals surface area contributed by atoms with Crippen molar-refractivity contribution in [2.24, 2.45) is 0 Å². The maximum Gasteiger partial charge on any atom is 0.410 e. The Morgan fingerprint density at radius 2 is 1.96 bits per heavy atom. The Kier molecular flexibility index (Phi) is 5.53. The molecule has 1 aliphatic carbocycles. The number of carbonyl (C=O) groups is 1. The lowest BCUT2D eigenvalue weighted by Crippen LogP contribution is -2.46. The zero-order valence-electron chi connectivity index (χ0n) is 15.3. The van der Waals surface area contributed by atoms with Gasteiger partial charge in [-0.2, -0.15) is 0 Å². The van der Waals surface area contributed by atoms with Gasteiger partial charge in [0.2, 0.25) is 10.0 Å². The SMILES string of the molecule is CC1(O)C=CC(NS(=O)(=O)C2CCN(C(=O)OC(C)(C)C)CC2)=CC1. The van der Waals surface area contributed by atoms with E-state index < -0.39 is 32.6 Å². The Balaban J connectivity index is 1.90. The van der Waals surface area contributed by atoms with Crippen molar-refractivity contribution in [3.63, 3.8) is 0 Å². The minimum absolute atomic E-state index is 0.351. The lowest BCUT2D eigenvalue weighted by atomic mass is 9.97. The second-order valence-electron chi connectivity index (χ2n) is 7.87. The van der Waals surface area contributed by atoms with E-state index in [9.17, 15) is 18.3 Å². The third-order valence-corrected chi connectivity index (χ3v) is 6.02. The van der Waals surface area contributed by atoms with Crippen LogP contribution in [0.2, 0.25) is 0 Å².